The van der Waals surface area contributed by atoms with Crippen LogP contribution in [-0.2, 0) is 0 Å². The van der Waals surface area contributed by atoms with Gasteiger partial charge >= 0.3 is 0 Å². The molecule has 2 aromatic heterocycles. The molecule has 0 fully saturated rings. The minimum Gasteiger partial charge on any atom is -0.351 e. The zero-order valence-electron chi connectivity index (χ0n) is 14.9. The predicted octanol–water partition coefficient (Wildman–Crippen LogP) is 3.94. The van der Waals surface area contributed by atoms with Gasteiger partial charge in [0, 0.05) is 30.1 Å². The Bertz CT molecular complexity index is 855. The summed E-state index contributed by atoms with van der Waals surface area (Å²) in [4.78, 5) is 16.9. The van der Waals surface area contributed by atoms with Gasteiger partial charge in [-0.3, -0.25) is 4.79 Å². The van der Waals surface area contributed by atoms with Gasteiger partial charge in [0.15, 0.2) is 5.65 Å². The van der Waals surface area contributed by atoms with Crippen molar-refractivity contribution in [3.8, 4) is 0 Å². The number of carbonyl (C=O) groups excluding carboxylic acids is 1. The molecular weight excluding hydrogens is 312 g/mol. The molecule has 0 bridgehead atoms. The lowest BCUT2D eigenvalue weighted by molar-refractivity contribution is 0.0950. The number of pyridine rings is 1. The standard InChI is InChI=1S/C20H24N4O/c1-4-15(16-8-6-5-7-9-16)11-22-20(25)18-10-17-13-23-24(14(2)3)19(17)21-12-18/h5-10,12-15H,4,11H2,1-3H3,(H,22,25). The Morgan fingerprint density at radius 1 is 1.20 bits per heavy atom. The van der Waals surface area contributed by atoms with Crippen LogP contribution in [0.2, 0.25) is 0 Å². The molecule has 1 atom stereocenters. The highest BCUT2D eigenvalue weighted by Crippen LogP contribution is 2.19. The van der Waals surface area contributed by atoms with Crippen LogP contribution in [0.4, 0.5) is 0 Å². The summed E-state index contributed by atoms with van der Waals surface area (Å²) >= 11 is 0. The van der Waals surface area contributed by atoms with E-state index in [9.17, 15) is 4.79 Å². The van der Waals surface area contributed by atoms with Crippen molar-refractivity contribution < 1.29 is 4.79 Å². The number of rotatable bonds is 6. The van der Waals surface area contributed by atoms with E-state index >= 15 is 0 Å². The van der Waals surface area contributed by atoms with Crippen molar-refractivity contribution >= 4 is 16.9 Å². The summed E-state index contributed by atoms with van der Waals surface area (Å²) in [5, 5.41) is 8.27. The van der Waals surface area contributed by atoms with Crippen molar-refractivity contribution in [2.24, 2.45) is 0 Å². The average molecular weight is 336 g/mol. The van der Waals surface area contributed by atoms with Crippen LogP contribution in [0.25, 0.3) is 11.0 Å². The molecule has 0 aliphatic carbocycles. The number of hydrogen-bond donors (Lipinski definition) is 1. The summed E-state index contributed by atoms with van der Waals surface area (Å²) in [6.45, 7) is 6.87. The highest BCUT2D eigenvalue weighted by Gasteiger charge is 2.14. The summed E-state index contributed by atoms with van der Waals surface area (Å²) in [5.74, 6) is 0.214. The van der Waals surface area contributed by atoms with Crippen LogP contribution < -0.4 is 5.32 Å². The number of amides is 1. The van der Waals surface area contributed by atoms with Crippen molar-refractivity contribution in [1.29, 1.82) is 0 Å². The van der Waals surface area contributed by atoms with Gasteiger partial charge in [-0.15, -0.1) is 0 Å². The molecule has 3 rings (SSSR count). The van der Waals surface area contributed by atoms with Crippen LogP contribution in [0.15, 0.2) is 48.8 Å². The van der Waals surface area contributed by atoms with Gasteiger partial charge in [-0.25, -0.2) is 9.67 Å². The maximum atomic E-state index is 12.5. The van der Waals surface area contributed by atoms with Crippen LogP contribution in [-0.4, -0.2) is 27.2 Å². The lowest BCUT2D eigenvalue weighted by Gasteiger charge is -2.16. The van der Waals surface area contributed by atoms with Crippen molar-refractivity contribution in [2.75, 3.05) is 6.54 Å². The minimum atomic E-state index is -0.0962. The number of aromatic nitrogens is 3. The zero-order chi connectivity index (χ0) is 17.8. The number of nitrogens with one attached hydrogen (secondary N) is 1. The maximum Gasteiger partial charge on any atom is 0.252 e. The fraction of sp³-hybridized carbons (Fsp3) is 0.350. The van der Waals surface area contributed by atoms with Crippen molar-refractivity contribution in [3.63, 3.8) is 0 Å². The second-order valence-electron chi connectivity index (χ2n) is 6.55. The molecule has 2 heterocycles. The third kappa shape index (κ3) is 3.71. The van der Waals surface area contributed by atoms with E-state index < -0.39 is 0 Å². The SMILES string of the molecule is CCC(CNC(=O)c1cnc2c(cnn2C(C)C)c1)c1ccccc1. The Hall–Kier alpha value is -2.69. The smallest absolute Gasteiger partial charge is 0.252 e. The molecule has 1 unspecified atom stereocenters. The Labute approximate surface area is 148 Å². The van der Waals surface area contributed by atoms with E-state index in [0.29, 0.717) is 18.0 Å². The van der Waals surface area contributed by atoms with Crippen LogP contribution in [0.1, 0.15) is 55.1 Å². The van der Waals surface area contributed by atoms with Gasteiger partial charge < -0.3 is 5.32 Å². The van der Waals surface area contributed by atoms with E-state index in [-0.39, 0.29) is 11.9 Å². The Balaban J connectivity index is 1.71. The molecule has 0 aliphatic heterocycles. The normalized spacial score (nSPS) is 12.5. The van der Waals surface area contributed by atoms with Crippen LogP contribution in [0.5, 0.6) is 0 Å². The van der Waals surface area contributed by atoms with Crippen molar-refractivity contribution in [1.82, 2.24) is 20.1 Å². The monoisotopic (exact) mass is 336 g/mol. The van der Waals surface area contributed by atoms with Gasteiger partial charge in [0.25, 0.3) is 5.91 Å². The first-order chi connectivity index (χ1) is 12.1. The molecule has 0 saturated heterocycles. The molecule has 0 spiro atoms. The van der Waals surface area contributed by atoms with Crippen molar-refractivity contribution in [2.45, 2.75) is 39.2 Å². The average Bonchev–Trinajstić information content (AvgIpc) is 3.06. The Kier molecular flexibility index (Phi) is 5.12. The highest BCUT2D eigenvalue weighted by atomic mass is 16.1. The molecule has 5 nitrogen and oxygen atoms in total. The van der Waals surface area contributed by atoms with Crippen LogP contribution in [0, 0.1) is 0 Å². The number of carbonyl (C=O) groups is 1. The Morgan fingerprint density at radius 3 is 2.64 bits per heavy atom. The fourth-order valence-corrected chi connectivity index (χ4v) is 2.98. The zero-order valence-corrected chi connectivity index (χ0v) is 14.9. The van der Waals surface area contributed by atoms with Gasteiger partial charge in [0.2, 0.25) is 0 Å². The molecule has 1 N–H and O–H groups in total. The first-order valence-corrected chi connectivity index (χ1v) is 8.76. The molecule has 3 aromatic rings. The second-order valence-corrected chi connectivity index (χ2v) is 6.55. The van der Waals surface area contributed by atoms with Gasteiger partial charge in [-0.2, -0.15) is 5.10 Å². The summed E-state index contributed by atoms with van der Waals surface area (Å²) in [6, 6.07) is 12.4. The number of hydrogen-bond acceptors (Lipinski definition) is 3. The topological polar surface area (TPSA) is 59.8 Å². The Morgan fingerprint density at radius 2 is 1.96 bits per heavy atom. The molecule has 0 saturated carbocycles. The van der Waals surface area contributed by atoms with E-state index in [4.69, 9.17) is 0 Å². The van der Waals surface area contributed by atoms with E-state index in [1.807, 2.05) is 28.9 Å². The molecular formula is C20H24N4O. The van der Waals surface area contributed by atoms with E-state index in [1.165, 1.54) is 5.56 Å². The summed E-state index contributed by atoms with van der Waals surface area (Å²) in [7, 11) is 0. The van der Waals surface area contributed by atoms with E-state index in [2.05, 4.69) is 48.3 Å². The summed E-state index contributed by atoms with van der Waals surface area (Å²) in [5.41, 5.74) is 2.62. The minimum absolute atomic E-state index is 0.0962. The molecule has 5 heteroatoms. The lowest BCUT2D eigenvalue weighted by Crippen LogP contribution is -2.28. The first kappa shape index (κ1) is 17.1. The molecule has 1 amide bonds. The van der Waals surface area contributed by atoms with Gasteiger partial charge in [-0.1, -0.05) is 37.3 Å². The lowest BCUT2D eigenvalue weighted by atomic mass is 9.96. The number of benzene rings is 1. The van der Waals surface area contributed by atoms with Gasteiger partial charge in [0.05, 0.1) is 11.8 Å². The molecule has 1 aromatic carbocycles. The fourth-order valence-electron chi connectivity index (χ4n) is 2.98. The van der Waals surface area contributed by atoms with Crippen LogP contribution >= 0.6 is 0 Å². The predicted molar refractivity (Wildman–Crippen MR) is 99.7 cm³/mol. The second kappa shape index (κ2) is 7.47. The molecule has 0 aliphatic rings. The maximum absolute atomic E-state index is 12.5. The summed E-state index contributed by atoms with van der Waals surface area (Å²) in [6.07, 6.45) is 4.36. The number of fused-ring (bicyclic) bond motifs is 1. The van der Waals surface area contributed by atoms with Crippen LogP contribution in [0.3, 0.4) is 0 Å². The molecule has 25 heavy (non-hydrogen) atoms. The first-order valence-electron chi connectivity index (χ1n) is 8.76. The van der Waals surface area contributed by atoms with Crippen molar-refractivity contribution in [3.05, 3.63) is 59.9 Å². The molecule has 0 radical (unpaired) electrons. The van der Waals surface area contributed by atoms with Gasteiger partial charge in [0.1, 0.15) is 0 Å². The third-order valence-corrected chi connectivity index (χ3v) is 4.46. The van der Waals surface area contributed by atoms with E-state index in [1.54, 1.807) is 12.4 Å². The number of nitrogens with zero attached hydrogens (tertiary/aromatic N) is 3. The van der Waals surface area contributed by atoms with Gasteiger partial charge in [-0.05, 0) is 31.9 Å². The third-order valence-electron chi connectivity index (χ3n) is 4.46. The highest BCUT2D eigenvalue weighted by molar-refractivity contribution is 5.96. The quantitative estimate of drug-likeness (QED) is 0.742. The molecule has 130 valence electrons. The van der Waals surface area contributed by atoms with E-state index in [0.717, 1.165) is 17.5 Å². The summed E-state index contributed by atoms with van der Waals surface area (Å²) < 4.78 is 1.86. The largest absolute Gasteiger partial charge is 0.351 e.